The fourth-order valence-corrected chi connectivity index (χ4v) is 2.54. The predicted octanol–water partition coefficient (Wildman–Crippen LogP) is 2.93. The lowest BCUT2D eigenvalue weighted by Crippen LogP contribution is -2.25. The van der Waals surface area contributed by atoms with Crippen molar-refractivity contribution in [1.82, 2.24) is 0 Å². The molecular weight excluding hydrogens is 304 g/mol. The van der Waals surface area contributed by atoms with Gasteiger partial charge in [0.1, 0.15) is 0 Å². The lowest BCUT2D eigenvalue weighted by atomic mass is 10.1. The first-order valence-electron chi connectivity index (χ1n) is 7.41. The standard InChI is InChI=1S/C16H19ClN2O3/c1-2-3-4-14(20)18-12-5-7-13(8-6-12)19-10-11(16(17)22)9-15(19)21/h5-8,11H,2-4,9-10H2,1H3,(H,18,20)/t11-/m0/s1. The molecule has 1 saturated heterocycles. The van der Waals surface area contributed by atoms with Crippen LogP contribution in [0.25, 0.3) is 0 Å². The maximum atomic E-state index is 11.9. The van der Waals surface area contributed by atoms with Crippen LogP contribution in [0, 0.1) is 5.92 Å². The van der Waals surface area contributed by atoms with Gasteiger partial charge in [0.25, 0.3) is 0 Å². The van der Waals surface area contributed by atoms with Crippen molar-refractivity contribution in [2.45, 2.75) is 32.6 Å². The summed E-state index contributed by atoms with van der Waals surface area (Å²) in [7, 11) is 0. The van der Waals surface area contributed by atoms with Crippen molar-refractivity contribution < 1.29 is 14.4 Å². The third kappa shape index (κ3) is 4.07. The summed E-state index contributed by atoms with van der Waals surface area (Å²) < 4.78 is 0. The van der Waals surface area contributed by atoms with Gasteiger partial charge < -0.3 is 10.2 Å². The van der Waals surface area contributed by atoms with Crippen LogP contribution >= 0.6 is 11.6 Å². The Kier molecular flexibility index (Phi) is 5.55. The van der Waals surface area contributed by atoms with Crippen molar-refractivity contribution >= 4 is 40.0 Å². The number of hydrogen-bond donors (Lipinski definition) is 1. The molecule has 1 aliphatic rings. The number of rotatable bonds is 6. The van der Waals surface area contributed by atoms with Crippen molar-refractivity contribution in [3.8, 4) is 0 Å². The van der Waals surface area contributed by atoms with Gasteiger partial charge in [0.05, 0.1) is 5.92 Å². The molecule has 0 saturated carbocycles. The second-order valence-electron chi connectivity index (χ2n) is 5.41. The summed E-state index contributed by atoms with van der Waals surface area (Å²) in [5.41, 5.74) is 1.40. The number of benzene rings is 1. The molecule has 1 fully saturated rings. The van der Waals surface area contributed by atoms with E-state index in [1.54, 1.807) is 29.2 Å². The molecular formula is C16H19ClN2O3. The summed E-state index contributed by atoms with van der Waals surface area (Å²) in [4.78, 5) is 36.3. The minimum absolute atomic E-state index is 0.0142. The molecule has 1 N–H and O–H groups in total. The van der Waals surface area contributed by atoms with E-state index in [2.05, 4.69) is 5.32 Å². The van der Waals surface area contributed by atoms with E-state index in [1.165, 1.54) is 0 Å². The van der Waals surface area contributed by atoms with Gasteiger partial charge in [0, 0.05) is 30.8 Å². The number of amides is 2. The Hall–Kier alpha value is -1.88. The molecule has 0 aromatic heterocycles. The Labute approximate surface area is 134 Å². The second kappa shape index (κ2) is 7.40. The molecule has 1 aromatic carbocycles. The lowest BCUT2D eigenvalue weighted by Gasteiger charge is -2.16. The third-order valence-corrected chi connectivity index (χ3v) is 3.97. The van der Waals surface area contributed by atoms with Crippen molar-refractivity contribution in [1.29, 1.82) is 0 Å². The van der Waals surface area contributed by atoms with Crippen molar-refractivity contribution in [2.24, 2.45) is 5.92 Å². The topological polar surface area (TPSA) is 66.5 Å². The molecule has 1 aliphatic heterocycles. The first-order valence-corrected chi connectivity index (χ1v) is 7.78. The number of anilines is 2. The van der Waals surface area contributed by atoms with Crippen LogP contribution < -0.4 is 10.2 Å². The van der Waals surface area contributed by atoms with Gasteiger partial charge in [0.2, 0.25) is 17.1 Å². The number of unbranched alkanes of at least 4 members (excludes halogenated alkanes) is 1. The summed E-state index contributed by atoms with van der Waals surface area (Å²) in [6.45, 7) is 2.34. The van der Waals surface area contributed by atoms with Gasteiger partial charge in [0.15, 0.2) is 0 Å². The minimum Gasteiger partial charge on any atom is -0.326 e. The molecule has 0 spiro atoms. The Balaban J connectivity index is 1.99. The first kappa shape index (κ1) is 16.5. The van der Waals surface area contributed by atoms with Gasteiger partial charge in [-0.2, -0.15) is 0 Å². The van der Waals surface area contributed by atoms with Crippen LogP contribution in [0.1, 0.15) is 32.6 Å². The molecule has 1 aromatic rings. The number of nitrogens with one attached hydrogen (secondary N) is 1. The molecule has 2 amide bonds. The normalized spacial score (nSPS) is 17.6. The van der Waals surface area contributed by atoms with E-state index < -0.39 is 11.2 Å². The van der Waals surface area contributed by atoms with Gasteiger partial charge in [-0.3, -0.25) is 14.4 Å². The number of carbonyl (C=O) groups is 3. The van der Waals surface area contributed by atoms with E-state index >= 15 is 0 Å². The van der Waals surface area contributed by atoms with E-state index in [-0.39, 0.29) is 18.2 Å². The second-order valence-corrected chi connectivity index (χ2v) is 5.78. The summed E-state index contributed by atoms with van der Waals surface area (Å²) in [5.74, 6) is -0.569. The highest BCUT2D eigenvalue weighted by atomic mass is 35.5. The zero-order valence-corrected chi connectivity index (χ0v) is 13.2. The zero-order chi connectivity index (χ0) is 16.1. The molecule has 118 valence electrons. The quantitative estimate of drug-likeness (QED) is 0.819. The largest absolute Gasteiger partial charge is 0.326 e. The predicted molar refractivity (Wildman–Crippen MR) is 85.9 cm³/mol. The SMILES string of the molecule is CCCCC(=O)Nc1ccc(N2C[C@@H](C(=O)Cl)CC2=O)cc1. The Morgan fingerprint density at radius 3 is 2.55 bits per heavy atom. The molecule has 1 heterocycles. The van der Waals surface area contributed by atoms with Crippen molar-refractivity contribution in [3.05, 3.63) is 24.3 Å². The third-order valence-electron chi connectivity index (χ3n) is 3.67. The Morgan fingerprint density at radius 2 is 2.00 bits per heavy atom. The Morgan fingerprint density at radius 1 is 1.32 bits per heavy atom. The van der Waals surface area contributed by atoms with Crippen LogP contribution in [0.4, 0.5) is 11.4 Å². The van der Waals surface area contributed by atoms with E-state index in [0.717, 1.165) is 12.8 Å². The average Bonchev–Trinajstić information content (AvgIpc) is 2.88. The number of nitrogens with zero attached hydrogens (tertiary/aromatic N) is 1. The van der Waals surface area contributed by atoms with E-state index in [4.69, 9.17) is 11.6 Å². The molecule has 1 atom stereocenters. The van der Waals surface area contributed by atoms with Crippen LogP contribution in [0.2, 0.25) is 0 Å². The van der Waals surface area contributed by atoms with E-state index in [9.17, 15) is 14.4 Å². The van der Waals surface area contributed by atoms with Crippen molar-refractivity contribution in [2.75, 3.05) is 16.8 Å². The van der Waals surface area contributed by atoms with Gasteiger partial charge in [-0.15, -0.1) is 0 Å². The van der Waals surface area contributed by atoms with Gasteiger partial charge in [-0.1, -0.05) is 13.3 Å². The molecule has 6 heteroatoms. The summed E-state index contributed by atoms with van der Waals surface area (Å²) >= 11 is 5.46. The fourth-order valence-electron chi connectivity index (χ4n) is 2.39. The van der Waals surface area contributed by atoms with Crippen LogP contribution in [0.15, 0.2) is 24.3 Å². The molecule has 22 heavy (non-hydrogen) atoms. The number of carbonyl (C=O) groups excluding carboxylic acids is 3. The first-order chi connectivity index (χ1) is 10.5. The molecule has 0 aliphatic carbocycles. The highest BCUT2D eigenvalue weighted by Crippen LogP contribution is 2.27. The molecule has 5 nitrogen and oxygen atoms in total. The summed E-state index contributed by atoms with van der Waals surface area (Å²) in [5, 5.41) is 2.34. The van der Waals surface area contributed by atoms with Crippen LogP contribution in [-0.2, 0) is 14.4 Å². The number of halogens is 1. The summed E-state index contributed by atoms with van der Waals surface area (Å²) in [6.07, 6.45) is 2.49. The molecule has 0 bridgehead atoms. The van der Waals surface area contributed by atoms with Crippen LogP contribution in [0.3, 0.4) is 0 Å². The van der Waals surface area contributed by atoms with Gasteiger partial charge in [-0.25, -0.2) is 0 Å². The fraction of sp³-hybridized carbons (Fsp3) is 0.438. The maximum Gasteiger partial charge on any atom is 0.227 e. The monoisotopic (exact) mass is 322 g/mol. The smallest absolute Gasteiger partial charge is 0.227 e. The maximum absolute atomic E-state index is 11.9. The van der Waals surface area contributed by atoms with Crippen LogP contribution in [0.5, 0.6) is 0 Å². The summed E-state index contributed by atoms with van der Waals surface area (Å²) in [6, 6.07) is 7.02. The minimum atomic E-state index is -0.476. The molecule has 0 radical (unpaired) electrons. The van der Waals surface area contributed by atoms with Gasteiger partial charge >= 0.3 is 0 Å². The highest BCUT2D eigenvalue weighted by Gasteiger charge is 2.34. The van der Waals surface area contributed by atoms with Crippen molar-refractivity contribution in [3.63, 3.8) is 0 Å². The Bertz CT molecular complexity index is 571. The highest BCUT2D eigenvalue weighted by molar-refractivity contribution is 6.64. The lowest BCUT2D eigenvalue weighted by molar-refractivity contribution is -0.120. The van der Waals surface area contributed by atoms with Gasteiger partial charge in [-0.05, 0) is 42.3 Å². The van der Waals surface area contributed by atoms with E-state index in [0.29, 0.717) is 24.3 Å². The molecule has 0 unspecified atom stereocenters. The number of hydrogen-bond acceptors (Lipinski definition) is 3. The molecule has 2 rings (SSSR count). The zero-order valence-electron chi connectivity index (χ0n) is 12.5. The van der Waals surface area contributed by atoms with Crippen LogP contribution in [-0.4, -0.2) is 23.6 Å². The average molecular weight is 323 g/mol. The van der Waals surface area contributed by atoms with E-state index in [1.807, 2.05) is 6.92 Å².